The molecule has 0 amide bonds. The van der Waals surface area contributed by atoms with Crippen LogP contribution in [-0.2, 0) is 12.1 Å². The maximum Gasteiger partial charge on any atom is 0.435 e. The van der Waals surface area contributed by atoms with Gasteiger partial charge in [-0.25, -0.2) is 4.68 Å². The number of nitrogens with zero attached hydrogens (tertiary/aromatic N) is 2. The summed E-state index contributed by atoms with van der Waals surface area (Å²) in [4.78, 5) is 0. The Morgan fingerprint density at radius 2 is 1.68 bits per heavy atom. The zero-order chi connectivity index (χ0) is 14.2. The summed E-state index contributed by atoms with van der Waals surface area (Å²) in [6, 6.07) is 6.09. The van der Waals surface area contributed by atoms with E-state index in [9.17, 15) is 13.2 Å². The van der Waals surface area contributed by atoms with Crippen molar-refractivity contribution in [1.29, 1.82) is 0 Å². The van der Waals surface area contributed by atoms with Crippen LogP contribution in [0.1, 0.15) is 11.3 Å². The largest absolute Gasteiger partial charge is 0.435 e. The third-order valence-electron chi connectivity index (χ3n) is 2.39. The first-order valence-electron chi connectivity index (χ1n) is 5.01. The molecule has 0 saturated carbocycles. The lowest BCUT2D eigenvalue weighted by atomic mass is 10.2. The van der Waals surface area contributed by atoms with Crippen molar-refractivity contribution >= 4 is 34.8 Å². The molecule has 0 spiro atoms. The average molecular weight is 330 g/mol. The second kappa shape index (κ2) is 5.23. The molecule has 0 aliphatic rings. The van der Waals surface area contributed by atoms with E-state index in [1.54, 1.807) is 0 Å². The first-order valence-corrected chi connectivity index (χ1v) is 6.30. The van der Waals surface area contributed by atoms with Gasteiger partial charge < -0.3 is 0 Å². The molecule has 0 radical (unpaired) electrons. The lowest BCUT2D eigenvalue weighted by molar-refractivity contribution is -0.141. The third-order valence-corrected chi connectivity index (χ3v) is 3.30. The van der Waals surface area contributed by atoms with E-state index in [1.807, 2.05) is 0 Å². The first kappa shape index (κ1) is 14.5. The fourth-order valence-corrected chi connectivity index (χ4v) is 2.27. The fraction of sp³-hybridized carbons (Fsp3) is 0.182. The van der Waals surface area contributed by atoms with E-state index in [-0.39, 0.29) is 16.6 Å². The van der Waals surface area contributed by atoms with E-state index in [1.165, 1.54) is 24.3 Å². The monoisotopic (exact) mass is 328 g/mol. The van der Waals surface area contributed by atoms with Gasteiger partial charge in [0, 0.05) is 10.6 Å². The molecular formula is C11H6Cl3F3N2. The molecule has 0 saturated heterocycles. The van der Waals surface area contributed by atoms with E-state index in [2.05, 4.69) is 5.10 Å². The summed E-state index contributed by atoms with van der Waals surface area (Å²) in [6.45, 7) is 0. The van der Waals surface area contributed by atoms with E-state index < -0.39 is 11.9 Å². The summed E-state index contributed by atoms with van der Waals surface area (Å²) in [5, 5.41) is 3.78. The topological polar surface area (TPSA) is 17.8 Å². The van der Waals surface area contributed by atoms with Crippen molar-refractivity contribution in [3.63, 3.8) is 0 Å². The Bertz CT molecular complexity index is 590. The maximum atomic E-state index is 12.8. The number of aromatic nitrogens is 2. The molecule has 2 nitrogen and oxygen atoms in total. The SMILES string of the molecule is FC(F)(F)c1nn(-c2ccc(Cl)cc2)c(Cl)c1CCl. The van der Waals surface area contributed by atoms with E-state index in [4.69, 9.17) is 34.8 Å². The molecule has 0 atom stereocenters. The molecule has 1 heterocycles. The fourth-order valence-electron chi connectivity index (χ4n) is 1.53. The number of hydrogen-bond acceptors (Lipinski definition) is 1. The molecule has 0 unspecified atom stereocenters. The summed E-state index contributed by atoms with van der Waals surface area (Å²) in [7, 11) is 0. The summed E-state index contributed by atoms with van der Waals surface area (Å²) >= 11 is 17.1. The molecule has 2 aromatic rings. The van der Waals surface area contributed by atoms with Crippen LogP contribution in [0.15, 0.2) is 24.3 Å². The molecule has 8 heteroatoms. The number of benzene rings is 1. The van der Waals surface area contributed by atoms with Crippen LogP contribution < -0.4 is 0 Å². The Balaban J connectivity index is 2.59. The van der Waals surface area contributed by atoms with Crippen molar-refractivity contribution in [2.45, 2.75) is 12.1 Å². The van der Waals surface area contributed by atoms with Crippen molar-refractivity contribution in [2.24, 2.45) is 0 Å². The smallest absolute Gasteiger partial charge is 0.221 e. The van der Waals surface area contributed by atoms with Crippen LogP contribution in [-0.4, -0.2) is 9.78 Å². The first-order chi connectivity index (χ1) is 8.84. The maximum absolute atomic E-state index is 12.8. The highest BCUT2D eigenvalue weighted by Gasteiger charge is 2.38. The van der Waals surface area contributed by atoms with Gasteiger partial charge in [0.25, 0.3) is 0 Å². The van der Waals surface area contributed by atoms with E-state index >= 15 is 0 Å². The second-order valence-electron chi connectivity index (χ2n) is 3.64. The standard InChI is InChI=1S/C11H6Cl3F3N2/c12-5-8-9(11(15,16)17)18-19(10(8)14)7-3-1-6(13)2-4-7/h1-4H,5H2. The van der Waals surface area contributed by atoms with E-state index in [0.717, 1.165) is 4.68 Å². The normalized spacial score (nSPS) is 11.9. The zero-order valence-electron chi connectivity index (χ0n) is 9.18. The number of hydrogen-bond donors (Lipinski definition) is 0. The molecule has 19 heavy (non-hydrogen) atoms. The van der Waals surface area contributed by atoms with Crippen LogP contribution in [0.5, 0.6) is 0 Å². The minimum absolute atomic E-state index is 0.162. The highest BCUT2D eigenvalue weighted by Crippen LogP contribution is 2.36. The second-order valence-corrected chi connectivity index (χ2v) is 4.70. The van der Waals surface area contributed by atoms with Crippen molar-refractivity contribution in [1.82, 2.24) is 9.78 Å². The quantitative estimate of drug-likeness (QED) is 0.714. The Labute approximate surface area is 121 Å². The van der Waals surface area contributed by atoms with Gasteiger partial charge in [-0.05, 0) is 24.3 Å². The Morgan fingerprint density at radius 1 is 1.11 bits per heavy atom. The van der Waals surface area contributed by atoms with Crippen LogP contribution >= 0.6 is 34.8 Å². The minimum Gasteiger partial charge on any atom is -0.221 e. The summed E-state index contributed by atoms with van der Waals surface area (Å²) in [6.07, 6.45) is -4.61. The number of halogens is 6. The Kier molecular flexibility index (Phi) is 3.99. The zero-order valence-corrected chi connectivity index (χ0v) is 11.4. The minimum atomic E-state index is -4.61. The van der Waals surface area contributed by atoms with Gasteiger partial charge >= 0.3 is 6.18 Å². The Morgan fingerprint density at radius 3 is 2.11 bits per heavy atom. The molecule has 1 aromatic heterocycles. The van der Waals surface area contributed by atoms with Gasteiger partial charge in [-0.3, -0.25) is 0 Å². The Hall–Kier alpha value is -0.910. The molecule has 0 bridgehead atoms. The van der Waals surface area contributed by atoms with Crippen molar-refractivity contribution in [3.8, 4) is 5.69 Å². The number of alkyl halides is 4. The molecule has 2 rings (SSSR count). The lowest BCUT2D eigenvalue weighted by Gasteiger charge is -2.03. The van der Waals surface area contributed by atoms with Gasteiger partial charge in [-0.2, -0.15) is 18.3 Å². The molecule has 102 valence electrons. The van der Waals surface area contributed by atoms with Crippen LogP contribution in [0, 0.1) is 0 Å². The van der Waals surface area contributed by atoms with Crippen molar-refractivity contribution in [3.05, 3.63) is 45.7 Å². The molecule has 1 aromatic carbocycles. The lowest BCUT2D eigenvalue weighted by Crippen LogP contribution is -2.09. The molecular weight excluding hydrogens is 323 g/mol. The van der Waals surface area contributed by atoms with Crippen molar-refractivity contribution < 1.29 is 13.2 Å². The predicted molar refractivity (Wildman–Crippen MR) is 68.1 cm³/mol. The average Bonchev–Trinajstić information content (AvgIpc) is 2.67. The highest BCUT2D eigenvalue weighted by molar-refractivity contribution is 6.32. The van der Waals surface area contributed by atoms with Crippen LogP contribution in [0.2, 0.25) is 10.2 Å². The van der Waals surface area contributed by atoms with Crippen LogP contribution in [0.25, 0.3) is 5.69 Å². The van der Waals surface area contributed by atoms with Gasteiger partial charge in [-0.1, -0.05) is 23.2 Å². The molecule has 0 aliphatic heterocycles. The van der Waals surface area contributed by atoms with Crippen LogP contribution in [0.3, 0.4) is 0 Å². The van der Waals surface area contributed by atoms with Crippen molar-refractivity contribution in [2.75, 3.05) is 0 Å². The van der Waals surface area contributed by atoms with Gasteiger partial charge in [0.05, 0.1) is 11.6 Å². The van der Waals surface area contributed by atoms with Gasteiger partial charge in [-0.15, -0.1) is 11.6 Å². The highest BCUT2D eigenvalue weighted by atomic mass is 35.5. The third kappa shape index (κ3) is 2.83. The van der Waals surface area contributed by atoms with Gasteiger partial charge in [0.1, 0.15) is 5.15 Å². The number of rotatable bonds is 2. The van der Waals surface area contributed by atoms with Gasteiger partial charge in [0.2, 0.25) is 0 Å². The molecule has 0 aliphatic carbocycles. The molecule has 0 fully saturated rings. The van der Waals surface area contributed by atoms with Gasteiger partial charge in [0.15, 0.2) is 5.69 Å². The predicted octanol–water partition coefficient (Wildman–Crippen LogP) is 4.94. The molecule has 0 N–H and O–H groups in total. The summed E-state index contributed by atoms with van der Waals surface area (Å²) < 4.78 is 39.4. The summed E-state index contributed by atoms with van der Waals surface area (Å²) in [5.41, 5.74) is -0.954. The van der Waals surface area contributed by atoms with Crippen LogP contribution in [0.4, 0.5) is 13.2 Å². The van der Waals surface area contributed by atoms with E-state index in [0.29, 0.717) is 10.7 Å². The summed E-state index contributed by atoms with van der Waals surface area (Å²) in [5.74, 6) is -0.374.